The molecule has 1 heterocycles. The largest absolute Gasteiger partial charge is 0.352 e. The molecule has 0 radical (unpaired) electrons. The predicted octanol–water partition coefficient (Wildman–Crippen LogP) is 3.44. The molecule has 1 unspecified atom stereocenters. The molecule has 0 spiro atoms. The minimum absolute atomic E-state index is 0.0746. The van der Waals surface area contributed by atoms with Gasteiger partial charge in [0.2, 0.25) is 5.91 Å². The highest BCUT2D eigenvalue weighted by atomic mass is 35.5. The zero-order valence-electron chi connectivity index (χ0n) is 15.2. The van der Waals surface area contributed by atoms with E-state index in [4.69, 9.17) is 11.6 Å². The Kier molecular flexibility index (Phi) is 6.85. The van der Waals surface area contributed by atoms with E-state index >= 15 is 0 Å². The highest BCUT2D eigenvalue weighted by Crippen LogP contribution is 2.23. The van der Waals surface area contributed by atoms with E-state index in [2.05, 4.69) is 16.0 Å². The Morgan fingerprint density at radius 1 is 1.32 bits per heavy atom. The molecule has 138 valence electrons. The van der Waals surface area contributed by atoms with Crippen LogP contribution in [0.25, 0.3) is 0 Å². The first-order valence-electron chi connectivity index (χ1n) is 8.83. The van der Waals surface area contributed by atoms with E-state index in [-0.39, 0.29) is 17.2 Å². The lowest BCUT2D eigenvalue weighted by Gasteiger charge is -2.23. The normalized spacial score (nSPS) is 17.8. The smallest absolute Gasteiger partial charge is 0.252 e. The third-order valence-electron chi connectivity index (χ3n) is 4.14. The molecular formula is C19H28ClN3O2. The molecule has 1 aliphatic rings. The quantitative estimate of drug-likeness (QED) is 0.748. The first-order chi connectivity index (χ1) is 11.7. The van der Waals surface area contributed by atoms with Crippen LogP contribution < -0.4 is 16.0 Å². The number of piperidine rings is 1. The summed E-state index contributed by atoms with van der Waals surface area (Å²) in [6, 6.07) is 4.99. The number of rotatable bonds is 5. The summed E-state index contributed by atoms with van der Waals surface area (Å²) in [5.41, 5.74) is 0.882. The van der Waals surface area contributed by atoms with Gasteiger partial charge in [-0.2, -0.15) is 0 Å². The Morgan fingerprint density at radius 3 is 2.72 bits per heavy atom. The molecule has 1 aromatic rings. The van der Waals surface area contributed by atoms with Gasteiger partial charge < -0.3 is 16.0 Å². The number of amides is 2. The van der Waals surface area contributed by atoms with Crippen molar-refractivity contribution in [2.45, 2.75) is 40.0 Å². The molecular weight excluding hydrogens is 338 g/mol. The number of halogens is 1. The second-order valence-electron chi connectivity index (χ2n) is 7.90. The maximum absolute atomic E-state index is 12.4. The van der Waals surface area contributed by atoms with Gasteiger partial charge in [0.25, 0.3) is 5.91 Å². The van der Waals surface area contributed by atoms with Crippen molar-refractivity contribution in [1.82, 2.24) is 10.6 Å². The summed E-state index contributed by atoms with van der Waals surface area (Å²) in [5.74, 6) is 0.170. The van der Waals surface area contributed by atoms with Gasteiger partial charge in [-0.1, -0.05) is 32.4 Å². The Balaban J connectivity index is 1.97. The molecule has 3 N–H and O–H groups in total. The summed E-state index contributed by atoms with van der Waals surface area (Å²) < 4.78 is 0. The van der Waals surface area contributed by atoms with Crippen LogP contribution in [0, 0.1) is 11.3 Å². The summed E-state index contributed by atoms with van der Waals surface area (Å²) in [4.78, 5) is 24.5. The first-order valence-corrected chi connectivity index (χ1v) is 9.21. The molecule has 5 nitrogen and oxygen atoms in total. The predicted molar refractivity (Wildman–Crippen MR) is 102 cm³/mol. The van der Waals surface area contributed by atoms with Gasteiger partial charge in [-0.3, -0.25) is 9.59 Å². The molecule has 1 saturated heterocycles. The Bertz CT molecular complexity index is 620. The van der Waals surface area contributed by atoms with Gasteiger partial charge in [-0.25, -0.2) is 0 Å². The number of hydrogen-bond donors (Lipinski definition) is 3. The first kappa shape index (κ1) is 19.7. The Morgan fingerprint density at radius 2 is 2.08 bits per heavy atom. The Labute approximate surface area is 154 Å². The fourth-order valence-corrected chi connectivity index (χ4v) is 3.10. The maximum Gasteiger partial charge on any atom is 0.252 e. The molecule has 1 fully saturated rings. The van der Waals surface area contributed by atoms with E-state index in [1.807, 2.05) is 20.8 Å². The second-order valence-corrected chi connectivity index (χ2v) is 8.31. The molecule has 0 bridgehead atoms. The van der Waals surface area contributed by atoms with Crippen molar-refractivity contribution >= 4 is 29.1 Å². The van der Waals surface area contributed by atoms with E-state index in [1.165, 1.54) is 0 Å². The number of benzene rings is 1. The SMILES string of the molecule is CC(C)(C)CC(=O)Nc1ccc(Cl)c(C(=O)NCC2CCCNC2)c1. The van der Waals surface area contributed by atoms with Crippen molar-refractivity contribution in [1.29, 1.82) is 0 Å². The molecule has 2 amide bonds. The van der Waals surface area contributed by atoms with Crippen molar-refractivity contribution in [3.63, 3.8) is 0 Å². The standard InChI is InChI=1S/C19H28ClN3O2/c1-19(2,3)10-17(24)23-14-6-7-16(20)15(9-14)18(25)22-12-13-5-4-8-21-11-13/h6-7,9,13,21H,4-5,8,10-12H2,1-3H3,(H,22,25)(H,23,24). The van der Waals surface area contributed by atoms with E-state index in [0.717, 1.165) is 25.9 Å². The molecule has 6 heteroatoms. The van der Waals surface area contributed by atoms with Crippen molar-refractivity contribution in [2.75, 3.05) is 25.0 Å². The van der Waals surface area contributed by atoms with Gasteiger partial charge in [-0.05, 0) is 55.5 Å². The van der Waals surface area contributed by atoms with Crippen LogP contribution in [0.1, 0.15) is 50.4 Å². The zero-order chi connectivity index (χ0) is 18.4. The summed E-state index contributed by atoms with van der Waals surface area (Å²) in [6.45, 7) is 8.63. The van der Waals surface area contributed by atoms with E-state index < -0.39 is 0 Å². The van der Waals surface area contributed by atoms with Crippen molar-refractivity contribution in [3.8, 4) is 0 Å². The average Bonchev–Trinajstić information content (AvgIpc) is 2.53. The van der Waals surface area contributed by atoms with Crippen LogP contribution in [0.2, 0.25) is 5.02 Å². The molecule has 0 aromatic heterocycles. The van der Waals surface area contributed by atoms with Crippen LogP contribution in [0.3, 0.4) is 0 Å². The highest BCUT2D eigenvalue weighted by Gasteiger charge is 2.18. The van der Waals surface area contributed by atoms with Gasteiger partial charge in [-0.15, -0.1) is 0 Å². The van der Waals surface area contributed by atoms with Crippen LogP contribution >= 0.6 is 11.6 Å². The number of hydrogen-bond acceptors (Lipinski definition) is 3. The van der Waals surface area contributed by atoms with Crippen LogP contribution in [0.15, 0.2) is 18.2 Å². The maximum atomic E-state index is 12.4. The number of anilines is 1. The van der Waals surface area contributed by atoms with Crippen molar-refractivity contribution in [2.24, 2.45) is 11.3 Å². The third kappa shape index (κ3) is 6.67. The summed E-state index contributed by atoms with van der Waals surface area (Å²) in [7, 11) is 0. The molecule has 2 rings (SSSR count). The minimum Gasteiger partial charge on any atom is -0.352 e. The van der Waals surface area contributed by atoms with Crippen LogP contribution in [-0.2, 0) is 4.79 Å². The fraction of sp³-hybridized carbons (Fsp3) is 0.579. The molecule has 1 atom stereocenters. The minimum atomic E-state index is -0.206. The van der Waals surface area contributed by atoms with E-state index in [1.54, 1.807) is 18.2 Å². The lowest BCUT2D eigenvalue weighted by atomic mass is 9.92. The molecule has 0 aliphatic carbocycles. The van der Waals surface area contributed by atoms with Gasteiger partial charge in [0.1, 0.15) is 0 Å². The highest BCUT2D eigenvalue weighted by molar-refractivity contribution is 6.34. The molecule has 1 aromatic carbocycles. The topological polar surface area (TPSA) is 70.2 Å². The number of nitrogens with one attached hydrogen (secondary N) is 3. The van der Waals surface area contributed by atoms with Crippen LogP contribution in [0.4, 0.5) is 5.69 Å². The number of carbonyl (C=O) groups excluding carboxylic acids is 2. The third-order valence-corrected chi connectivity index (χ3v) is 4.47. The van der Waals surface area contributed by atoms with Crippen LogP contribution in [0.5, 0.6) is 0 Å². The van der Waals surface area contributed by atoms with Gasteiger partial charge >= 0.3 is 0 Å². The second kappa shape index (κ2) is 8.68. The number of carbonyl (C=O) groups is 2. The van der Waals surface area contributed by atoms with Crippen LogP contribution in [-0.4, -0.2) is 31.4 Å². The van der Waals surface area contributed by atoms with Gasteiger partial charge in [0.05, 0.1) is 10.6 Å². The van der Waals surface area contributed by atoms with Gasteiger partial charge in [0, 0.05) is 18.7 Å². The van der Waals surface area contributed by atoms with Gasteiger partial charge in [0.15, 0.2) is 0 Å². The van der Waals surface area contributed by atoms with Crippen molar-refractivity contribution in [3.05, 3.63) is 28.8 Å². The fourth-order valence-electron chi connectivity index (χ4n) is 2.89. The van der Waals surface area contributed by atoms with E-state index in [9.17, 15) is 9.59 Å². The summed E-state index contributed by atoms with van der Waals surface area (Å²) >= 11 is 6.17. The Hall–Kier alpha value is -1.59. The molecule has 1 aliphatic heterocycles. The summed E-state index contributed by atoms with van der Waals surface area (Å²) in [5, 5.41) is 9.51. The van der Waals surface area contributed by atoms with Crippen molar-refractivity contribution < 1.29 is 9.59 Å². The molecule has 0 saturated carbocycles. The monoisotopic (exact) mass is 365 g/mol. The zero-order valence-corrected chi connectivity index (χ0v) is 16.0. The average molecular weight is 366 g/mol. The lowest BCUT2D eigenvalue weighted by Crippen LogP contribution is -2.38. The van der Waals surface area contributed by atoms with E-state index in [0.29, 0.717) is 35.2 Å². The summed E-state index contributed by atoms with van der Waals surface area (Å²) in [6.07, 6.45) is 2.66. The molecule has 25 heavy (non-hydrogen) atoms. The lowest BCUT2D eigenvalue weighted by molar-refractivity contribution is -0.117.